The zero-order chi connectivity index (χ0) is 20.1. The lowest BCUT2D eigenvalue weighted by atomic mass is 10.1. The average molecular weight is 376 g/mol. The van der Waals surface area contributed by atoms with Gasteiger partial charge in [0.2, 0.25) is 0 Å². The molecule has 2 aliphatic heterocycles. The summed E-state index contributed by atoms with van der Waals surface area (Å²) in [6, 6.07) is 16.1. The molecule has 2 heterocycles. The first-order valence-electron chi connectivity index (χ1n) is 9.57. The summed E-state index contributed by atoms with van der Waals surface area (Å²) in [5.74, 6) is 0.338. The fourth-order valence-corrected chi connectivity index (χ4v) is 3.21. The average Bonchev–Trinajstić information content (AvgIpc) is 2.71. The minimum atomic E-state index is -0.645. The fraction of sp³-hybridized carbons (Fsp3) is 0.273. The molecule has 0 aliphatic carbocycles. The molecule has 1 N–H and O–H groups in total. The van der Waals surface area contributed by atoms with Crippen LogP contribution in [0.15, 0.2) is 58.1 Å². The van der Waals surface area contributed by atoms with Crippen LogP contribution >= 0.6 is 0 Å². The highest BCUT2D eigenvalue weighted by atomic mass is 16.2. The Hall–Kier alpha value is -3.28. The molecule has 0 atom stereocenters. The van der Waals surface area contributed by atoms with Gasteiger partial charge in [0.05, 0.1) is 11.0 Å². The van der Waals surface area contributed by atoms with Crippen LogP contribution in [0.3, 0.4) is 0 Å². The predicted molar refractivity (Wildman–Crippen MR) is 112 cm³/mol. The van der Waals surface area contributed by atoms with E-state index in [1.54, 1.807) is 0 Å². The van der Waals surface area contributed by atoms with E-state index in [4.69, 9.17) is 0 Å². The van der Waals surface area contributed by atoms with Crippen molar-refractivity contribution in [2.75, 3.05) is 0 Å². The van der Waals surface area contributed by atoms with E-state index in [9.17, 15) is 9.59 Å². The van der Waals surface area contributed by atoms with E-state index >= 15 is 0 Å². The second-order valence-corrected chi connectivity index (χ2v) is 6.39. The molecule has 2 aliphatic rings. The van der Waals surface area contributed by atoms with Crippen LogP contribution in [0.4, 0.5) is 0 Å². The van der Waals surface area contributed by atoms with Crippen molar-refractivity contribution < 1.29 is 0 Å². The third-order valence-electron chi connectivity index (χ3n) is 4.45. The Morgan fingerprint density at radius 2 is 1.75 bits per heavy atom. The maximum Gasteiger partial charge on any atom is 0.349 e. The standard InChI is InChI=1S/C20H18N4O2.C2H6/c1-13-9-10-15-16(12-13)24(11-5-8-14-6-3-2-4-7-14)18-17(21-15)19(25)23-20(26)22-18;1-2/h2-4,6-7,9-10,12H,5,8,11H2,1H3,(H,23,25,26);1-2H3. The number of nitrogens with zero attached hydrogens (tertiary/aromatic N) is 3. The van der Waals surface area contributed by atoms with Crippen LogP contribution in [0.1, 0.15) is 31.4 Å². The van der Waals surface area contributed by atoms with E-state index in [1.807, 2.05) is 61.7 Å². The molecule has 28 heavy (non-hydrogen) atoms. The molecule has 144 valence electrons. The topological polar surface area (TPSA) is 80.6 Å². The summed E-state index contributed by atoms with van der Waals surface area (Å²) in [6.45, 7) is 6.64. The maximum atomic E-state index is 12.2. The summed E-state index contributed by atoms with van der Waals surface area (Å²) in [4.78, 5) is 34.6. The first-order valence-corrected chi connectivity index (χ1v) is 9.57. The fourth-order valence-electron chi connectivity index (χ4n) is 3.21. The van der Waals surface area contributed by atoms with Crippen molar-refractivity contribution in [2.45, 2.75) is 40.2 Å². The van der Waals surface area contributed by atoms with Gasteiger partial charge in [-0.1, -0.05) is 50.2 Å². The Balaban J connectivity index is 0.00000109. The van der Waals surface area contributed by atoms with Gasteiger partial charge in [0.25, 0.3) is 5.56 Å². The van der Waals surface area contributed by atoms with E-state index in [-0.39, 0.29) is 5.69 Å². The van der Waals surface area contributed by atoms with Crippen molar-refractivity contribution in [1.82, 2.24) is 19.5 Å². The monoisotopic (exact) mass is 376 g/mol. The second-order valence-electron chi connectivity index (χ2n) is 6.39. The quantitative estimate of drug-likeness (QED) is 0.552. The number of fused-ring (bicyclic) bond motifs is 2. The van der Waals surface area contributed by atoms with Crippen molar-refractivity contribution in [2.24, 2.45) is 0 Å². The summed E-state index contributed by atoms with van der Waals surface area (Å²) < 4.78 is 1.93. The molecule has 2 aromatic carbocycles. The highest BCUT2D eigenvalue weighted by Gasteiger charge is 2.18. The Morgan fingerprint density at radius 3 is 2.50 bits per heavy atom. The van der Waals surface area contributed by atoms with Crippen molar-refractivity contribution >= 4 is 11.0 Å². The van der Waals surface area contributed by atoms with E-state index in [1.165, 1.54) is 5.56 Å². The van der Waals surface area contributed by atoms with Gasteiger partial charge in [0, 0.05) is 6.54 Å². The minimum absolute atomic E-state index is 0.195. The zero-order valence-electron chi connectivity index (χ0n) is 16.4. The van der Waals surface area contributed by atoms with Crippen LogP contribution in [-0.4, -0.2) is 19.5 Å². The molecule has 0 radical (unpaired) electrons. The Bertz CT molecular complexity index is 1160. The Labute approximate surface area is 163 Å². The van der Waals surface area contributed by atoms with E-state index in [0.717, 1.165) is 23.9 Å². The molecule has 0 amide bonds. The third kappa shape index (κ3) is 4.01. The van der Waals surface area contributed by atoms with Gasteiger partial charge in [-0.2, -0.15) is 4.98 Å². The number of hydrogen-bond donors (Lipinski definition) is 1. The van der Waals surface area contributed by atoms with Crippen molar-refractivity contribution in [1.29, 1.82) is 0 Å². The van der Waals surface area contributed by atoms with Crippen LogP contribution in [0.2, 0.25) is 0 Å². The second kappa shape index (κ2) is 8.61. The van der Waals surface area contributed by atoms with E-state index in [0.29, 0.717) is 17.9 Å². The van der Waals surface area contributed by atoms with E-state index < -0.39 is 11.2 Å². The van der Waals surface area contributed by atoms with Gasteiger partial charge in [-0.3, -0.25) is 9.78 Å². The molecule has 2 aromatic rings. The first kappa shape index (κ1) is 19.5. The highest BCUT2D eigenvalue weighted by Crippen LogP contribution is 2.22. The van der Waals surface area contributed by atoms with Crippen molar-refractivity contribution in [3.8, 4) is 11.5 Å². The molecule has 0 saturated carbocycles. The summed E-state index contributed by atoms with van der Waals surface area (Å²) in [7, 11) is 0. The summed E-state index contributed by atoms with van der Waals surface area (Å²) in [6.07, 6.45) is 1.76. The molecular formula is C22H24N4O2. The van der Waals surface area contributed by atoms with Gasteiger partial charge in [-0.05, 0) is 43.0 Å². The molecule has 0 saturated heterocycles. The van der Waals surface area contributed by atoms with Gasteiger partial charge in [0.1, 0.15) is 0 Å². The van der Waals surface area contributed by atoms with Crippen LogP contribution in [-0.2, 0) is 13.0 Å². The lowest BCUT2D eigenvalue weighted by Crippen LogP contribution is -2.29. The number of H-pyrrole nitrogens is 1. The van der Waals surface area contributed by atoms with Gasteiger partial charge in [-0.25, -0.2) is 9.78 Å². The normalized spacial score (nSPS) is 10.7. The van der Waals surface area contributed by atoms with Gasteiger partial charge in [0.15, 0.2) is 11.5 Å². The largest absolute Gasteiger partial charge is 0.349 e. The van der Waals surface area contributed by atoms with Crippen molar-refractivity contribution in [3.63, 3.8) is 0 Å². The summed E-state index contributed by atoms with van der Waals surface area (Å²) >= 11 is 0. The smallest absolute Gasteiger partial charge is 0.322 e. The molecule has 4 rings (SSSR count). The molecule has 0 fully saturated rings. The van der Waals surface area contributed by atoms with Gasteiger partial charge in [-0.15, -0.1) is 0 Å². The molecule has 0 aromatic heterocycles. The number of aromatic nitrogens is 4. The van der Waals surface area contributed by atoms with Crippen LogP contribution in [0.25, 0.3) is 22.6 Å². The van der Waals surface area contributed by atoms with Crippen LogP contribution < -0.4 is 11.2 Å². The van der Waals surface area contributed by atoms with E-state index in [2.05, 4.69) is 27.1 Å². The van der Waals surface area contributed by atoms with Gasteiger partial charge < -0.3 is 4.57 Å². The molecule has 6 nitrogen and oxygen atoms in total. The first-order chi connectivity index (χ1) is 13.6. The van der Waals surface area contributed by atoms with Crippen LogP contribution in [0.5, 0.6) is 0 Å². The van der Waals surface area contributed by atoms with Crippen molar-refractivity contribution in [3.05, 3.63) is 80.5 Å². The Morgan fingerprint density at radius 1 is 1.00 bits per heavy atom. The molecule has 0 bridgehead atoms. The van der Waals surface area contributed by atoms with Crippen LogP contribution in [0, 0.1) is 6.92 Å². The maximum absolute atomic E-state index is 12.2. The Kier molecular flexibility index (Phi) is 5.99. The third-order valence-corrected chi connectivity index (χ3v) is 4.45. The number of hydrogen-bond acceptors (Lipinski definition) is 4. The number of benzene rings is 2. The molecular weight excluding hydrogens is 352 g/mol. The zero-order valence-corrected chi connectivity index (χ0v) is 16.4. The number of nitrogens with one attached hydrogen (secondary N) is 1. The number of rotatable bonds is 4. The summed E-state index contributed by atoms with van der Waals surface area (Å²) in [5, 5.41) is 0. The lowest BCUT2D eigenvalue weighted by Gasteiger charge is -2.17. The molecule has 0 spiro atoms. The predicted octanol–water partition coefficient (Wildman–Crippen LogP) is 3.55. The van der Waals surface area contributed by atoms with Gasteiger partial charge >= 0.3 is 5.69 Å². The minimum Gasteiger partial charge on any atom is -0.322 e. The lowest BCUT2D eigenvalue weighted by molar-refractivity contribution is 0.648. The number of aromatic amines is 1. The SMILES string of the molecule is CC.Cc1ccc2nc3c(=O)[nH]c(=O)nc-3n(CCCc3ccccc3)c2c1. The molecule has 6 heteroatoms. The summed E-state index contributed by atoms with van der Waals surface area (Å²) in [5.41, 5.74) is 2.98. The highest BCUT2D eigenvalue weighted by molar-refractivity contribution is 5.79. The number of aryl methyl sites for hydroxylation is 3. The molecule has 0 unspecified atom stereocenters.